The molecule has 1 aliphatic rings. The van der Waals surface area contributed by atoms with E-state index in [2.05, 4.69) is 4.99 Å². The Bertz CT molecular complexity index is 1060. The van der Waals surface area contributed by atoms with E-state index in [0.29, 0.717) is 29.4 Å². The minimum atomic E-state index is -0.366. The second-order valence-electron chi connectivity index (χ2n) is 6.35. The van der Waals surface area contributed by atoms with Crippen LogP contribution in [-0.4, -0.2) is 29.5 Å². The van der Waals surface area contributed by atoms with Crippen molar-refractivity contribution in [3.63, 3.8) is 0 Å². The Morgan fingerprint density at radius 3 is 2.75 bits per heavy atom. The van der Waals surface area contributed by atoms with E-state index in [0.717, 1.165) is 5.56 Å². The number of amides is 2. The lowest BCUT2D eigenvalue weighted by Gasteiger charge is -2.19. The molecular weight excluding hydrogens is 374 g/mol. The van der Waals surface area contributed by atoms with Crippen LogP contribution in [0, 0.1) is 0 Å². The monoisotopic (exact) mass is 393 g/mol. The molecule has 0 unspecified atom stereocenters. The fraction of sp³-hybridized carbons (Fsp3) is 0.190. The molecule has 1 aliphatic heterocycles. The fourth-order valence-corrected chi connectivity index (χ4v) is 3.80. The summed E-state index contributed by atoms with van der Waals surface area (Å²) in [5.41, 5.74) is 1.74. The highest BCUT2D eigenvalue weighted by atomic mass is 32.1. The van der Waals surface area contributed by atoms with Gasteiger partial charge in [-0.1, -0.05) is 42.5 Å². The van der Waals surface area contributed by atoms with Gasteiger partial charge in [-0.15, -0.1) is 11.3 Å². The van der Waals surface area contributed by atoms with Crippen LogP contribution in [-0.2, 0) is 16.1 Å². The van der Waals surface area contributed by atoms with Crippen molar-refractivity contribution in [3.8, 4) is 5.75 Å². The van der Waals surface area contributed by atoms with Crippen LogP contribution in [0.1, 0.15) is 12.0 Å². The molecule has 0 radical (unpaired) electrons. The lowest BCUT2D eigenvalue weighted by atomic mass is 10.2. The molecule has 7 heteroatoms. The predicted molar refractivity (Wildman–Crippen MR) is 107 cm³/mol. The van der Waals surface area contributed by atoms with Crippen molar-refractivity contribution in [1.29, 1.82) is 0 Å². The van der Waals surface area contributed by atoms with Crippen LogP contribution in [0.5, 0.6) is 5.75 Å². The first-order valence-corrected chi connectivity index (χ1v) is 9.86. The number of thiazole rings is 1. The highest BCUT2D eigenvalue weighted by Crippen LogP contribution is 2.30. The molecule has 0 saturated carbocycles. The van der Waals surface area contributed by atoms with Crippen LogP contribution < -0.4 is 14.4 Å². The molecule has 0 N–H and O–H groups in total. The number of aromatic nitrogens is 1. The van der Waals surface area contributed by atoms with E-state index in [1.165, 1.54) is 16.2 Å². The van der Waals surface area contributed by atoms with Crippen LogP contribution in [0.2, 0.25) is 0 Å². The van der Waals surface area contributed by atoms with E-state index < -0.39 is 0 Å². The highest BCUT2D eigenvalue weighted by molar-refractivity contribution is 7.07. The van der Waals surface area contributed by atoms with Crippen molar-refractivity contribution >= 4 is 28.8 Å². The average molecular weight is 393 g/mol. The standard InChI is InChI=1S/C21H19N3O3S/c25-19(15-24-17-8-4-5-9-18(17)27-12-10-20(24)26)22-21-23(11-13-28-21)14-16-6-2-1-3-7-16/h1-9,11,13H,10,12,14-15H2. The average Bonchev–Trinajstić information content (AvgIpc) is 3.07. The third-order valence-electron chi connectivity index (χ3n) is 4.40. The molecule has 0 bridgehead atoms. The summed E-state index contributed by atoms with van der Waals surface area (Å²) in [5.74, 6) is 0.0996. The van der Waals surface area contributed by atoms with Crippen LogP contribution >= 0.6 is 11.3 Å². The predicted octanol–water partition coefficient (Wildman–Crippen LogP) is 2.84. The molecule has 2 aromatic carbocycles. The molecule has 0 aliphatic carbocycles. The Balaban J connectivity index is 1.56. The summed E-state index contributed by atoms with van der Waals surface area (Å²) in [7, 11) is 0. The fourth-order valence-electron chi connectivity index (χ4n) is 3.06. The zero-order chi connectivity index (χ0) is 19.3. The first-order valence-electron chi connectivity index (χ1n) is 8.98. The summed E-state index contributed by atoms with van der Waals surface area (Å²) in [6.45, 7) is 0.831. The summed E-state index contributed by atoms with van der Waals surface area (Å²) in [5, 5.41) is 1.90. The molecule has 0 spiro atoms. The van der Waals surface area contributed by atoms with Gasteiger partial charge in [0.1, 0.15) is 12.3 Å². The smallest absolute Gasteiger partial charge is 0.268 e. The SMILES string of the molecule is O=C(CN1C(=O)CCOc2ccccc21)N=c1sccn1Cc1ccccc1. The van der Waals surface area contributed by atoms with Gasteiger partial charge in [0.15, 0.2) is 4.80 Å². The molecule has 2 amide bonds. The van der Waals surface area contributed by atoms with Gasteiger partial charge in [-0.2, -0.15) is 4.99 Å². The van der Waals surface area contributed by atoms with Gasteiger partial charge in [0.2, 0.25) is 5.91 Å². The number of anilines is 1. The normalized spacial score (nSPS) is 14.4. The summed E-state index contributed by atoms with van der Waals surface area (Å²) < 4.78 is 7.55. The molecule has 4 rings (SSSR count). The van der Waals surface area contributed by atoms with Crippen molar-refractivity contribution in [2.24, 2.45) is 4.99 Å². The molecule has 0 saturated heterocycles. The molecule has 0 atom stereocenters. The molecular formula is C21H19N3O3S. The van der Waals surface area contributed by atoms with E-state index in [-0.39, 0.29) is 24.8 Å². The second kappa shape index (κ2) is 8.22. The van der Waals surface area contributed by atoms with E-state index in [1.54, 1.807) is 12.1 Å². The third kappa shape index (κ3) is 4.04. The van der Waals surface area contributed by atoms with Crippen molar-refractivity contribution in [2.45, 2.75) is 13.0 Å². The summed E-state index contributed by atoms with van der Waals surface area (Å²) in [6, 6.07) is 17.2. The largest absolute Gasteiger partial charge is 0.491 e. The number of rotatable bonds is 4. The van der Waals surface area contributed by atoms with Crippen molar-refractivity contribution in [3.05, 3.63) is 76.5 Å². The first kappa shape index (κ1) is 18.2. The van der Waals surface area contributed by atoms with Gasteiger partial charge in [0.05, 0.1) is 18.7 Å². The number of para-hydroxylation sites is 2. The summed E-state index contributed by atoms with van der Waals surface area (Å²) in [4.78, 5) is 31.4. The van der Waals surface area contributed by atoms with Gasteiger partial charge in [-0.25, -0.2) is 0 Å². The third-order valence-corrected chi connectivity index (χ3v) is 5.19. The summed E-state index contributed by atoms with van der Waals surface area (Å²) >= 11 is 1.40. The number of carbonyl (C=O) groups excluding carboxylic acids is 2. The maximum Gasteiger partial charge on any atom is 0.268 e. The van der Waals surface area contributed by atoms with E-state index in [4.69, 9.17) is 4.74 Å². The zero-order valence-corrected chi connectivity index (χ0v) is 16.0. The van der Waals surface area contributed by atoms with Gasteiger partial charge in [0, 0.05) is 18.1 Å². The lowest BCUT2D eigenvalue weighted by Crippen LogP contribution is -2.35. The first-order chi connectivity index (χ1) is 13.7. The Kier molecular flexibility index (Phi) is 5.34. The van der Waals surface area contributed by atoms with Crippen LogP contribution in [0.15, 0.2) is 71.2 Å². The quantitative estimate of drug-likeness (QED) is 0.685. The molecule has 0 fully saturated rings. The van der Waals surface area contributed by atoms with Gasteiger partial charge in [0.25, 0.3) is 5.91 Å². The Labute approximate surface area is 166 Å². The van der Waals surface area contributed by atoms with Crippen LogP contribution in [0.25, 0.3) is 0 Å². The number of benzene rings is 2. The van der Waals surface area contributed by atoms with Gasteiger partial charge in [-0.05, 0) is 17.7 Å². The molecule has 2 heterocycles. The highest BCUT2D eigenvalue weighted by Gasteiger charge is 2.24. The maximum absolute atomic E-state index is 12.6. The minimum absolute atomic E-state index is 0.109. The van der Waals surface area contributed by atoms with E-state index >= 15 is 0 Å². The molecule has 3 aromatic rings. The molecule has 28 heavy (non-hydrogen) atoms. The lowest BCUT2D eigenvalue weighted by molar-refractivity contribution is -0.122. The minimum Gasteiger partial charge on any atom is -0.491 e. The number of ether oxygens (including phenoxy) is 1. The van der Waals surface area contributed by atoms with Gasteiger partial charge in [-0.3, -0.25) is 14.5 Å². The Morgan fingerprint density at radius 2 is 1.89 bits per heavy atom. The van der Waals surface area contributed by atoms with E-state index in [1.807, 2.05) is 58.6 Å². The maximum atomic E-state index is 12.6. The topological polar surface area (TPSA) is 63.9 Å². The van der Waals surface area contributed by atoms with Crippen LogP contribution in [0.3, 0.4) is 0 Å². The Morgan fingerprint density at radius 1 is 1.11 bits per heavy atom. The molecule has 1 aromatic heterocycles. The Hall–Kier alpha value is -3.19. The van der Waals surface area contributed by atoms with Crippen molar-refractivity contribution in [2.75, 3.05) is 18.1 Å². The van der Waals surface area contributed by atoms with Crippen LogP contribution in [0.4, 0.5) is 5.69 Å². The summed E-state index contributed by atoms with van der Waals surface area (Å²) in [6.07, 6.45) is 2.14. The van der Waals surface area contributed by atoms with Crippen molar-refractivity contribution in [1.82, 2.24) is 4.57 Å². The number of hydrogen-bond acceptors (Lipinski definition) is 4. The zero-order valence-electron chi connectivity index (χ0n) is 15.2. The number of fused-ring (bicyclic) bond motifs is 1. The van der Waals surface area contributed by atoms with Crippen molar-refractivity contribution < 1.29 is 14.3 Å². The van der Waals surface area contributed by atoms with Gasteiger partial charge >= 0.3 is 0 Å². The number of nitrogens with zero attached hydrogens (tertiary/aromatic N) is 3. The molecule has 142 valence electrons. The van der Waals surface area contributed by atoms with Gasteiger partial charge < -0.3 is 9.30 Å². The van der Waals surface area contributed by atoms with E-state index in [9.17, 15) is 9.59 Å². The second-order valence-corrected chi connectivity index (χ2v) is 7.22. The number of hydrogen-bond donors (Lipinski definition) is 0. The molecule has 6 nitrogen and oxygen atoms in total. The number of carbonyl (C=O) groups is 2.